The van der Waals surface area contributed by atoms with Gasteiger partial charge in [-0.15, -0.1) is 0 Å². The van der Waals surface area contributed by atoms with Crippen LogP contribution in [-0.2, 0) is 0 Å². The average Bonchev–Trinajstić information content (AvgIpc) is 2.04. The van der Waals surface area contributed by atoms with Crippen LogP contribution in [0.4, 0.5) is 0 Å². The molecule has 0 fully saturated rings. The number of rotatable bonds is 0. The van der Waals surface area contributed by atoms with Crippen molar-refractivity contribution in [1.29, 1.82) is 0 Å². The molecular formula is C9H5O2Sn. The van der Waals surface area contributed by atoms with Crippen molar-refractivity contribution in [2.24, 2.45) is 0 Å². The van der Waals surface area contributed by atoms with E-state index in [0.29, 0.717) is 5.58 Å². The topological polar surface area (TPSA) is 30.2 Å². The zero-order valence-corrected chi connectivity index (χ0v) is 9.06. The van der Waals surface area contributed by atoms with Gasteiger partial charge in [0.25, 0.3) is 0 Å². The molecule has 0 aliphatic carbocycles. The molecule has 3 radical (unpaired) electrons. The van der Waals surface area contributed by atoms with E-state index in [9.17, 15) is 4.79 Å². The van der Waals surface area contributed by atoms with Gasteiger partial charge in [-0.25, -0.2) is 0 Å². The zero-order valence-electron chi connectivity index (χ0n) is 6.20. The summed E-state index contributed by atoms with van der Waals surface area (Å²) in [5.74, 6) is 0. The second kappa shape index (κ2) is 2.93. The van der Waals surface area contributed by atoms with Crippen molar-refractivity contribution in [3.05, 3.63) is 40.8 Å². The van der Waals surface area contributed by atoms with E-state index in [0.717, 1.165) is 8.97 Å². The summed E-state index contributed by atoms with van der Waals surface area (Å²) >= 11 is 1.24. The normalized spacial score (nSPS) is 10.4. The fourth-order valence-electron chi connectivity index (χ4n) is 1.11. The first-order valence-electron chi connectivity index (χ1n) is 3.52. The molecule has 2 rings (SSSR count). The molecule has 3 heteroatoms. The molecule has 0 aliphatic rings. The molecule has 12 heavy (non-hydrogen) atoms. The van der Waals surface area contributed by atoms with Gasteiger partial charge in [-0.1, -0.05) is 0 Å². The van der Waals surface area contributed by atoms with Gasteiger partial charge in [0.1, 0.15) is 0 Å². The first kappa shape index (κ1) is 7.86. The van der Waals surface area contributed by atoms with Crippen LogP contribution in [-0.4, -0.2) is 22.5 Å². The number of fused-ring (bicyclic) bond motifs is 1. The van der Waals surface area contributed by atoms with Gasteiger partial charge >= 0.3 is 82.2 Å². The summed E-state index contributed by atoms with van der Waals surface area (Å²) in [5, 5.41) is 1.04. The van der Waals surface area contributed by atoms with Crippen LogP contribution in [0.1, 0.15) is 0 Å². The van der Waals surface area contributed by atoms with E-state index in [-0.39, 0.29) is 5.63 Å². The third-order valence-electron chi connectivity index (χ3n) is 1.65. The summed E-state index contributed by atoms with van der Waals surface area (Å²) in [6.45, 7) is 0. The zero-order chi connectivity index (χ0) is 8.55. The Morgan fingerprint density at radius 1 is 1.25 bits per heavy atom. The fourth-order valence-corrected chi connectivity index (χ4v) is 2.04. The Balaban J connectivity index is 2.99. The van der Waals surface area contributed by atoms with E-state index in [1.54, 1.807) is 6.07 Å². The van der Waals surface area contributed by atoms with Gasteiger partial charge in [0.15, 0.2) is 0 Å². The standard InChI is InChI=1S/C9H5O2.Sn/c10-9-6-5-7-3-1-2-4-8(7)11-9;/h1-4,6H;. The summed E-state index contributed by atoms with van der Waals surface area (Å²) in [7, 11) is 0. The van der Waals surface area contributed by atoms with Gasteiger partial charge in [0.2, 0.25) is 0 Å². The Bertz CT molecular complexity index is 473. The van der Waals surface area contributed by atoms with Crippen molar-refractivity contribution < 1.29 is 4.42 Å². The minimum absolute atomic E-state index is 0.263. The molecule has 1 aromatic heterocycles. The number of para-hydroxylation sites is 1. The monoisotopic (exact) mass is 265 g/mol. The Labute approximate surface area is 82.3 Å². The third-order valence-corrected chi connectivity index (χ3v) is 2.83. The molecule has 0 atom stereocenters. The molecule has 0 bridgehead atoms. The molecule has 0 amide bonds. The van der Waals surface area contributed by atoms with Gasteiger partial charge in [-0.3, -0.25) is 0 Å². The van der Waals surface area contributed by atoms with E-state index in [2.05, 4.69) is 0 Å². The summed E-state index contributed by atoms with van der Waals surface area (Å²) in [6.07, 6.45) is 0. The van der Waals surface area contributed by atoms with Crippen LogP contribution in [0.2, 0.25) is 0 Å². The predicted octanol–water partition coefficient (Wildman–Crippen LogP) is 0.587. The second-order valence-electron chi connectivity index (χ2n) is 2.48. The van der Waals surface area contributed by atoms with Crippen molar-refractivity contribution in [1.82, 2.24) is 0 Å². The van der Waals surface area contributed by atoms with Gasteiger partial charge in [0, 0.05) is 0 Å². The number of hydrogen-bond donors (Lipinski definition) is 0. The molecule has 1 heterocycles. The second-order valence-corrected chi connectivity index (χ2v) is 4.01. The number of hydrogen-bond acceptors (Lipinski definition) is 2. The molecule has 0 N–H and O–H groups in total. The Kier molecular flexibility index (Phi) is 1.92. The quantitative estimate of drug-likeness (QED) is 0.514. The van der Waals surface area contributed by atoms with Crippen LogP contribution in [0.5, 0.6) is 0 Å². The van der Waals surface area contributed by atoms with Crippen molar-refractivity contribution in [2.45, 2.75) is 0 Å². The van der Waals surface area contributed by atoms with Crippen LogP contribution < -0.4 is 9.20 Å². The van der Waals surface area contributed by atoms with E-state index in [4.69, 9.17) is 4.42 Å². The number of benzene rings is 1. The Morgan fingerprint density at radius 2 is 2.00 bits per heavy atom. The van der Waals surface area contributed by atoms with E-state index in [1.165, 1.54) is 22.5 Å². The summed E-state index contributed by atoms with van der Waals surface area (Å²) in [6, 6.07) is 9.11. The minimum atomic E-state index is -0.263. The first-order valence-corrected chi connectivity index (χ1v) is 4.94. The van der Waals surface area contributed by atoms with Crippen molar-refractivity contribution >= 4 is 37.1 Å². The summed E-state index contributed by atoms with van der Waals surface area (Å²) in [4.78, 5) is 11.0. The molecule has 0 aliphatic heterocycles. The van der Waals surface area contributed by atoms with Gasteiger partial charge in [-0.2, -0.15) is 0 Å². The van der Waals surface area contributed by atoms with Crippen molar-refractivity contribution in [2.75, 3.05) is 0 Å². The Morgan fingerprint density at radius 3 is 2.83 bits per heavy atom. The summed E-state index contributed by atoms with van der Waals surface area (Å²) < 4.78 is 6.05. The molecule has 0 spiro atoms. The van der Waals surface area contributed by atoms with Gasteiger partial charge in [-0.05, 0) is 0 Å². The molecule has 0 unspecified atom stereocenters. The molecule has 0 saturated heterocycles. The van der Waals surface area contributed by atoms with Crippen LogP contribution in [0, 0.1) is 0 Å². The predicted molar refractivity (Wildman–Crippen MR) is 47.9 cm³/mol. The van der Waals surface area contributed by atoms with Crippen LogP contribution in [0.3, 0.4) is 0 Å². The van der Waals surface area contributed by atoms with Crippen LogP contribution >= 0.6 is 0 Å². The summed E-state index contributed by atoms with van der Waals surface area (Å²) in [5.41, 5.74) is 0.414. The van der Waals surface area contributed by atoms with Crippen LogP contribution in [0.15, 0.2) is 39.5 Å². The fraction of sp³-hybridized carbons (Fsp3) is 0. The molecule has 0 saturated carbocycles. The van der Waals surface area contributed by atoms with Crippen LogP contribution in [0.25, 0.3) is 11.0 Å². The SMILES string of the molecule is O=c1c[c]([Sn])c2ccccc2o1. The molecular weight excluding hydrogens is 259 g/mol. The van der Waals surface area contributed by atoms with E-state index < -0.39 is 0 Å². The maximum atomic E-state index is 11.0. The molecule has 2 nitrogen and oxygen atoms in total. The van der Waals surface area contributed by atoms with Gasteiger partial charge < -0.3 is 0 Å². The van der Waals surface area contributed by atoms with Crippen molar-refractivity contribution in [3.8, 4) is 0 Å². The molecule has 57 valence electrons. The average molecular weight is 264 g/mol. The van der Waals surface area contributed by atoms with Gasteiger partial charge in [0.05, 0.1) is 0 Å². The third kappa shape index (κ3) is 1.26. The molecule has 1 aromatic carbocycles. The molecule has 2 aromatic rings. The first-order chi connectivity index (χ1) is 5.77. The Hall–Kier alpha value is -0.771. The van der Waals surface area contributed by atoms with Crippen molar-refractivity contribution in [3.63, 3.8) is 0 Å². The van der Waals surface area contributed by atoms with E-state index in [1.807, 2.05) is 24.3 Å². The maximum absolute atomic E-state index is 11.0. The van der Waals surface area contributed by atoms with E-state index >= 15 is 0 Å².